The minimum absolute atomic E-state index is 0.525. The standard InChI is InChI=1S/C7H9F4NO2/c1-4(13)2-5(14)12-3-7(10,11)6(8)9/h6H,2-3H2,1H3,(H,12,14). The molecule has 0 unspecified atom stereocenters. The zero-order valence-electron chi connectivity index (χ0n) is 7.32. The fraction of sp³-hybridized carbons (Fsp3) is 0.714. The topological polar surface area (TPSA) is 46.2 Å². The van der Waals surface area contributed by atoms with Crippen LogP contribution in [0, 0.1) is 0 Å². The number of Topliss-reactive ketones (excluding diaryl/α,β-unsaturated/α-hetero) is 1. The third-order valence-corrected chi connectivity index (χ3v) is 1.25. The summed E-state index contributed by atoms with van der Waals surface area (Å²) >= 11 is 0. The van der Waals surface area contributed by atoms with Crippen molar-refractivity contribution >= 4 is 11.7 Å². The highest BCUT2D eigenvalue weighted by Crippen LogP contribution is 2.21. The van der Waals surface area contributed by atoms with E-state index in [2.05, 4.69) is 0 Å². The minimum Gasteiger partial charge on any atom is -0.349 e. The Morgan fingerprint density at radius 2 is 1.86 bits per heavy atom. The molecular formula is C7H9F4NO2. The van der Waals surface area contributed by atoms with Gasteiger partial charge in [-0.3, -0.25) is 9.59 Å². The summed E-state index contributed by atoms with van der Waals surface area (Å²) in [6, 6.07) is 0. The van der Waals surface area contributed by atoms with Crippen molar-refractivity contribution in [3.05, 3.63) is 0 Å². The van der Waals surface area contributed by atoms with Gasteiger partial charge in [-0.2, -0.15) is 8.78 Å². The van der Waals surface area contributed by atoms with Crippen LogP contribution in [-0.2, 0) is 9.59 Å². The maximum atomic E-state index is 12.2. The summed E-state index contributed by atoms with van der Waals surface area (Å²) in [6.45, 7) is -0.373. The molecule has 1 amide bonds. The van der Waals surface area contributed by atoms with Crippen LogP contribution >= 0.6 is 0 Å². The Balaban J connectivity index is 3.94. The van der Waals surface area contributed by atoms with Crippen LogP contribution < -0.4 is 5.32 Å². The summed E-state index contributed by atoms with van der Waals surface area (Å²) in [5.74, 6) is -5.77. The van der Waals surface area contributed by atoms with Crippen LogP contribution in [0.2, 0.25) is 0 Å². The van der Waals surface area contributed by atoms with E-state index in [4.69, 9.17) is 0 Å². The fourth-order valence-electron chi connectivity index (χ4n) is 0.582. The van der Waals surface area contributed by atoms with E-state index < -0.39 is 37.0 Å². The molecule has 0 aromatic carbocycles. The number of carbonyl (C=O) groups is 2. The van der Waals surface area contributed by atoms with Gasteiger partial charge < -0.3 is 5.32 Å². The van der Waals surface area contributed by atoms with Gasteiger partial charge in [0.15, 0.2) is 0 Å². The molecule has 14 heavy (non-hydrogen) atoms. The van der Waals surface area contributed by atoms with Gasteiger partial charge in [-0.15, -0.1) is 0 Å². The largest absolute Gasteiger partial charge is 0.349 e. The smallest absolute Gasteiger partial charge is 0.324 e. The molecule has 0 aliphatic heterocycles. The number of carbonyl (C=O) groups excluding carboxylic acids is 2. The van der Waals surface area contributed by atoms with E-state index in [0.717, 1.165) is 6.92 Å². The van der Waals surface area contributed by atoms with Crippen LogP contribution in [0.1, 0.15) is 13.3 Å². The number of hydrogen-bond acceptors (Lipinski definition) is 2. The number of rotatable bonds is 5. The van der Waals surface area contributed by atoms with Crippen molar-refractivity contribution in [2.24, 2.45) is 0 Å². The Bertz CT molecular complexity index is 230. The summed E-state index contributed by atoms with van der Waals surface area (Å²) in [4.78, 5) is 20.9. The predicted molar refractivity (Wildman–Crippen MR) is 39.3 cm³/mol. The molecule has 0 saturated carbocycles. The molecule has 0 saturated heterocycles. The van der Waals surface area contributed by atoms with E-state index in [0.29, 0.717) is 0 Å². The molecule has 0 fully saturated rings. The monoisotopic (exact) mass is 215 g/mol. The summed E-state index contributed by atoms with van der Waals surface area (Å²) in [5, 5.41) is 1.55. The van der Waals surface area contributed by atoms with Gasteiger partial charge in [0.2, 0.25) is 5.91 Å². The van der Waals surface area contributed by atoms with Gasteiger partial charge in [0, 0.05) is 0 Å². The second kappa shape index (κ2) is 4.92. The minimum atomic E-state index is -4.26. The maximum Gasteiger partial charge on any atom is 0.324 e. The summed E-state index contributed by atoms with van der Waals surface area (Å²) < 4.78 is 47.5. The van der Waals surface area contributed by atoms with E-state index in [1.54, 1.807) is 5.32 Å². The molecular weight excluding hydrogens is 206 g/mol. The molecule has 0 atom stereocenters. The van der Waals surface area contributed by atoms with E-state index in [-0.39, 0.29) is 0 Å². The molecule has 0 bridgehead atoms. The van der Waals surface area contributed by atoms with Crippen LogP contribution in [0.4, 0.5) is 17.6 Å². The highest BCUT2D eigenvalue weighted by Gasteiger charge is 2.40. The second-order valence-electron chi connectivity index (χ2n) is 2.72. The molecule has 0 rings (SSSR count). The quantitative estimate of drug-likeness (QED) is 0.549. The molecule has 0 spiro atoms. The second-order valence-corrected chi connectivity index (χ2v) is 2.72. The fourth-order valence-corrected chi connectivity index (χ4v) is 0.582. The summed E-state index contributed by atoms with van der Waals surface area (Å²) in [6.07, 6.45) is -4.42. The van der Waals surface area contributed by atoms with E-state index in [9.17, 15) is 27.2 Å². The van der Waals surface area contributed by atoms with Gasteiger partial charge in [0.25, 0.3) is 0 Å². The van der Waals surface area contributed by atoms with Crippen LogP contribution in [0.5, 0.6) is 0 Å². The number of nitrogens with one attached hydrogen (secondary N) is 1. The molecule has 0 aliphatic rings. The average Bonchev–Trinajstić information content (AvgIpc) is 1.99. The number of halogens is 4. The zero-order chi connectivity index (χ0) is 11.4. The van der Waals surface area contributed by atoms with Crippen LogP contribution in [0.15, 0.2) is 0 Å². The maximum absolute atomic E-state index is 12.2. The Kier molecular flexibility index (Phi) is 4.52. The lowest BCUT2D eigenvalue weighted by atomic mass is 10.3. The van der Waals surface area contributed by atoms with Gasteiger partial charge in [-0.05, 0) is 6.92 Å². The average molecular weight is 215 g/mol. The van der Waals surface area contributed by atoms with Gasteiger partial charge in [0.05, 0.1) is 13.0 Å². The molecule has 0 aromatic heterocycles. The molecule has 0 radical (unpaired) electrons. The van der Waals surface area contributed by atoms with Crippen molar-refractivity contribution < 1.29 is 27.2 Å². The lowest BCUT2D eigenvalue weighted by Crippen LogP contribution is -2.41. The molecule has 1 N–H and O–H groups in total. The highest BCUT2D eigenvalue weighted by atomic mass is 19.3. The van der Waals surface area contributed by atoms with Gasteiger partial charge in [-0.1, -0.05) is 0 Å². The van der Waals surface area contributed by atoms with E-state index in [1.165, 1.54) is 0 Å². The molecule has 0 aromatic rings. The first-order valence-corrected chi connectivity index (χ1v) is 3.68. The van der Waals surface area contributed by atoms with E-state index in [1.807, 2.05) is 0 Å². The van der Waals surface area contributed by atoms with Crippen molar-refractivity contribution in [1.29, 1.82) is 0 Å². The van der Waals surface area contributed by atoms with Gasteiger partial charge in [0.1, 0.15) is 5.78 Å². The van der Waals surface area contributed by atoms with Crippen LogP contribution in [0.25, 0.3) is 0 Å². The van der Waals surface area contributed by atoms with Crippen molar-refractivity contribution in [2.75, 3.05) is 6.54 Å². The number of alkyl halides is 4. The lowest BCUT2D eigenvalue weighted by molar-refractivity contribution is -0.138. The Morgan fingerprint density at radius 3 is 2.21 bits per heavy atom. The van der Waals surface area contributed by atoms with Crippen molar-refractivity contribution in [3.63, 3.8) is 0 Å². The zero-order valence-corrected chi connectivity index (χ0v) is 7.32. The van der Waals surface area contributed by atoms with Crippen LogP contribution in [-0.4, -0.2) is 30.6 Å². The lowest BCUT2D eigenvalue weighted by Gasteiger charge is -2.15. The highest BCUT2D eigenvalue weighted by molar-refractivity contribution is 5.96. The summed E-state index contributed by atoms with van der Waals surface area (Å²) in [7, 11) is 0. The molecule has 0 heterocycles. The molecule has 82 valence electrons. The predicted octanol–water partition coefficient (Wildman–Crippen LogP) is 0.982. The number of hydrogen-bond donors (Lipinski definition) is 1. The first-order valence-electron chi connectivity index (χ1n) is 3.68. The molecule has 0 aliphatic carbocycles. The van der Waals surface area contributed by atoms with Crippen molar-refractivity contribution in [1.82, 2.24) is 5.32 Å². The molecule has 3 nitrogen and oxygen atoms in total. The Morgan fingerprint density at radius 1 is 1.36 bits per heavy atom. The normalized spacial score (nSPS) is 11.6. The first kappa shape index (κ1) is 12.9. The number of amides is 1. The number of ketones is 1. The third kappa shape index (κ3) is 4.78. The van der Waals surface area contributed by atoms with Gasteiger partial charge >= 0.3 is 12.3 Å². The Hall–Kier alpha value is -1.14. The van der Waals surface area contributed by atoms with Crippen molar-refractivity contribution in [3.8, 4) is 0 Å². The van der Waals surface area contributed by atoms with Crippen LogP contribution in [0.3, 0.4) is 0 Å². The third-order valence-electron chi connectivity index (χ3n) is 1.25. The SMILES string of the molecule is CC(=O)CC(=O)NCC(F)(F)C(F)F. The van der Waals surface area contributed by atoms with Gasteiger partial charge in [-0.25, -0.2) is 8.78 Å². The van der Waals surface area contributed by atoms with E-state index >= 15 is 0 Å². The van der Waals surface area contributed by atoms with Crippen molar-refractivity contribution in [2.45, 2.75) is 25.7 Å². The first-order chi connectivity index (χ1) is 6.25. The Labute approximate surface area is 77.5 Å². The summed E-state index contributed by atoms with van der Waals surface area (Å²) in [5.41, 5.74) is 0. The molecule has 7 heteroatoms.